The third-order valence-corrected chi connectivity index (χ3v) is 3.31. The highest BCUT2D eigenvalue weighted by Gasteiger charge is 2.11. The molecular formula is C16H15NO2. The second-order valence-corrected chi connectivity index (χ2v) is 4.68. The first-order valence-electron chi connectivity index (χ1n) is 6.46. The maximum Gasteiger partial charge on any atom is 0.248 e. The number of rotatable bonds is 3. The van der Waals surface area contributed by atoms with E-state index in [4.69, 9.17) is 4.42 Å². The van der Waals surface area contributed by atoms with Gasteiger partial charge in [-0.05, 0) is 60.7 Å². The van der Waals surface area contributed by atoms with Crippen LogP contribution in [0.2, 0.25) is 0 Å². The van der Waals surface area contributed by atoms with Gasteiger partial charge in [0.1, 0.15) is 5.76 Å². The largest absolute Gasteiger partial charge is 0.465 e. The smallest absolute Gasteiger partial charge is 0.248 e. The molecule has 0 bridgehead atoms. The molecule has 1 aliphatic rings. The lowest BCUT2D eigenvalue weighted by molar-refractivity contribution is -0.111. The van der Waals surface area contributed by atoms with E-state index in [9.17, 15) is 4.79 Å². The van der Waals surface area contributed by atoms with Crippen molar-refractivity contribution in [2.75, 3.05) is 5.32 Å². The summed E-state index contributed by atoms with van der Waals surface area (Å²) in [4.78, 5) is 11.8. The van der Waals surface area contributed by atoms with E-state index < -0.39 is 0 Å². The number of hydrogen-bond acceptors (Lipinski definition) is 2. The maximum atomic E-state index is 11.8. The van der Waals surface area contributed by atoms with Crippen molar-refractivity contribution in [1.82, 2.24) is 0 Å². The van der Waals surface area contributed by atoms with Crippen LogP contribution < -0.4 is 5.32 Å². The molecule has 1 aromatic carbocycles. The van der Waals surface area contributed by atoms with Crippen molar-refractivity contribution in [1.29, 1.82) is 0 Å². The van der Waals surface area contributed by atoms with Gasteiger partial charge in [-0.25, -0.2) is 0 Å². The molecule has 3 rings (SSSR count). The fraction of sp³-hybridized carbons (Fsp3) is 0.188. The molecule has 1 aliphatic carbocycles. The average molecular weight is 253 g/mol. The van der Waals surface area contributed by atoms with Gasteiger partial charge >= 0.3 is 0 Å². The number of carbonyl (C=O) groups excluding carboxylic acids is 1. The van der Waals surface area contributed by atoms with Crippen LogP contribution in [0, 0.1) is 0 Å². The van der Waals surface area contributed by atoms with Crippen LogP contribution in [-0.2, 0) is 17.6 Å². The molecule has 1 amide bonds. The second-order valence-electron chi connectivity index (χ2n) is 4.68. The van der Waals surface area contributed by atoms with E-state index in [-0.39, 0.29) is 5.91 Å². The Balaban J connectivity index is 1.66. The van der Waals surface area contributed by atoms with Crippen LogP contribution in [0.15, 0.2) is 47.1 Å². The minimum absolute atomic E-state index is 0.144. The number of amides is 1. The third-order valence-electron chi connectivity index (χ3n) is 3.31. The quantitative estimate of drug-likeness (QED) is 0.852. The van der Waals surface area contributed by atoms with Crippen LogP contribution in [0.3, 0.4) is 0 Å². The molecule has 0 aliphatic heterocycles. The Morgan fingerprint density at radius 1 is 1.21 bits per heavy atom. The Kier molecular flexibility index (Phi) is 3.19. The molecule has 3 heteroatoms. The van der Waals surface area contributed by atoms with E-state index in [1.54, 1.807) is 24.5 Å². The van der Waals surface area contributed by atoms with Gasteiger partial charge in [0, 0.05) is 11.8 Å². The molecule has 0 unspecified atom stereocenters. The van der Waals surface area contributed by atoms with Gasteiger partial charge in [0.15, 0.2) is 0 Å². The predicted molar refractivity (Wildman–Crippen MR) is 74.8 cm³/mol. The number of hydrogen-bond donors (Lipinski definition) is 1. The van der Waals surface area contributed by atoms with Crippen LogP contribution in [0.1, 0.15) is 23.3 Å². The van der Waals surface area contributed by atoms with E-state index in [2.05, 4.69) is 17.4 Å². The van der Waals surface area contributed by atoms with E-state index in [1.165, 1.54) is 23.6 Å². The van der Waals surface area contributed by atoms with Gasteiger partial charge in [-0.2, -0.15) is 0 Å². The highest BCUT2D eigenvalue weighted by molar-refractivity contribution is 6.01. The minimum atomic E-state index is -0.144. The Hall–Kier alpha value is -2.29. The van der Waals surface area contributed by atoms with E-state index in [0.29, 0.717) is 5.76 Å². The lowest BCUT2D eigenvalue weighted by Gasteiger charge is -2.05. The normalized spacial score (nSPS) is 13.7. The fourth-order valence-corrected chi connectivity index (χ4v) is 2.38. The van der Waals surface area contributed by atoms with E-state index in [1.807, 2.05) is 6.07 Å². The molecule has 19 heavy (non-hydrogen) atoms. The highest BCUT2D eigenvalue weighted by Crippen LogP contribution is 2.24. The van der Waals surface area contributed by atoms with Crippen molar-refractivity contribution < 1.29 is 9.21 Å². The topological polar surface area (TPSA) is 42.2 Å². The zero-order valence-corrected chi connectivity index (χ0v) is 10.6. The fourth-order valence-electron chi connectivity index (χ4n) is 2.38. The van der Waals surface area contributed by atoms with Gasteiger partial charge in [-0.3, -0.25) is 4.79 Å². The molecule has 3 nitrogen and oxygen atoms in total. The summed E-state index contributed by atoms with van der Waals surface area (Å²) < 4.78 is 5.13. The van der Waals surface area contributed by atoms with Crippen molar-refractivity contribution in [2.24, 2.45) is 0 Å². The van der Waals surface area contributed by atoms with Crippen molar-refractivity contribution >= 4 is 17.7 Å². The average Bonchev–Trinajstić information content (AvgIpc) is 3.07. The Labute approximate surface area is 111 Å². The lowest BCUT2D eigenvalue weighted by atomic mass is 10.1. The molecule has 0 radical (unpaired) electrons. The minimum Gasteiger partial charge on any atom is -0.465 e. The van der Waals surface area contributed by atoms with Crippen molar-refractivity contribution in [3.63, 3.8) is 0 Å². The summed E-state index contributed by atoms with van der Waals surface area (Å²) in [7, 11) is 0. The number of carbonyl (C=O) groups is 1. The lowest BCUT2D eigenvalue weighted by Crippen LogP contribution is -2.07. The number of benzene rings is 1. The van der Waals surface area contributed by atoms with Crippen molar-refractivity contribution in [3.05, 3.63) is 59.6 Å². The van der Waals surface area contributed by atoms with Crippen molar-refractivity contribution in [3.8, 4) is 0 Å². The number of furan rings is 1. The summed E-state index contributed by atoms with van der Waals surface area (Å²) in [5, 5.41) is 2.87. The van der Waals surface area contributed by atoms with Gasteiger partial charge in [0.2, 0.25) is 5.91 Å². The first kappa shape index (κ1) is 11.8. The van der Waals surface area contributed by atoms with Gasteiger partial charge in [0.25, 0.3) is 0 Å². The monoisotopic (exact) mass is 253 g/mol. The zero-order chi connectivity index (χ0) is 13.1. The third kappa shape index (κ3) is 2.76. The van der Waals surface area contributed by atoms with Crippen molar-refractivity contribution in [2.45, 2.75) is 19.3 Å². The number of nitrogens with one attached hydrogen (secondary N) is 1. The molecule has 1 N–H and O–H groups in total. The number of fused-ring (bicyclic) bond motifs is 1. The molecule has 1 aromatic heterocycles. The molecule has 0 fully saturated rings. The predicted octanol–water partition coefficient (Wildman–Crippen LogP) is 3.42. The summed E-state index contributed by atoms with van der Waals surface area (Å²) in [6.07, 6.45) is 8.20. The Bertz CT molecular complexity index is 612. The maximum absolute atomic E-state index is 11.8. The molecule has 0 spiro atoms. The van der Waals surface area contributed by atoms with Crippen LogP contribution in [0.4, 0.5) is 5.69 Å². The summed E-state index contributed by atoms with van der Waals surface area (Å²) in [5.41, 5.74) is 3.62. The zero-order valence-electron chi connectivity index (χ0n) is 10.6. The molecule has 1 heterocycles. The summed E-state index contributed by atoms with van der Waals surface area (Å²) in [6.45, 7) is 0. The molecule has 0 saturated heterocycles. The number of anilines is 1. The molecule has 2 aromatic rings. The van der Waals surface area contributed by atoms with Crippen LogP contribution in [0.25, 0.3) is 6.08 Å². The van der Waals surface area contributed by atoms with Crippen LogP contribution in [-0.4, -0.2) is 5.91 Å². The van der Waals surface area contributed by atoms with Crippen LogP contribution in [0.5, 0.6) is 0 Å². The van der Waals surface area contributed by atoms with Crippen LogP contribution >= 0.6 is 0 Å². The molecular weight excluding hydrogens is 238 g/mol. The highest BCUT2D eigenvalue weighted by atomic mass is 16.3. The number of aryl methyl sites for hydroxylation is 2. The summed E-state index contributed by atoms with van der Waals surface area (Å²) in [6, 6.07) is 9.73. The van der Waals surface area contributed by atoms with Gasteiger partial charge in [0.05, 0.1) is 6.26 Å². The Morgan fingerprint density at radius 2 is 2.11 bits per heavy atom. The molecule has 96 valence electrons. The SMILES string of the molecule is O=C(C=Cc1ccco1)Nc1ccc2c(c1)CCC2. The van der Waals surface area contributed by atoms with E-state index >= 15 is 0 Å². The summed E-state index contributed by atoms with van der Waals surface area (Å²) in [5.74, 6) is 0.526. The molecule has 0 saturated carbocycles. The van der Waals surface area contributed by atoms with E-state index in [0.717, 1.165) is 18.5 Å². The first-order chi connectivity index (χ1) is 9.31. The van der Waals surface area contributed by atoms with Gasteiger partial charge < -0.3 is 9.73 Å². The summed E-state index contributed by atoms with van der Waals surface area (Å²) >= 11 is 0. The van der Waals surface area contributed by atoms with Gasteiger partial charge in [-0.15, -0.1) is 0 Å². The first-order valence-corrected chi connectivity index (χ1v) is 6.46. The second kappa shape index (κ2) is 5.14. The standard InChI is InChI=1S/C16H15NO2/c18-16(9-8-15-5-2-10-19-15)17-14-7-6-12-3-1-4-13(12)11-14/h2,5-11H,1,3-4H2,(H,17,18). The Morgan fingerprint density at radius 3 is 2.95 bits per heavy atom. The molecule has 0 atom stereocenters. The van der Waals surface area contributed by atoms with Gasteiger partial charge in [-0.1, -0.05) is 6.07 Å².